The molecular weight excluding hydrogens is 316 g/mol. The van der Waals surface area contributed by atoms with E-state index in [9.17, 15) is 4.79 Å². The molecule has 0 bridgehead atoms. The van der Waals surface area contributed by atoms with E-state index in [4.69, 9.17) is 4.42 Å². The zero-order valence-corrected chi connectivity index (χ0v) is 12.6. The van der Waals surface area contributed by atoms with Crippen molar-refractivity contribution >= 4 is 26.9 Å². The third-order valence-electron chi connectivity index (χ3n) is 3.28. The Morgan fingerprint density at radius 3 is 2.50 bits per heavy atom. The molecule has 0 atom stereocenters. The van der Waals surface area contributed by atoms with Crippen molar-refractivity contribution in [1.82, 2.24) is 0 Å². The first kappa shape index (κ1) is 13.1. The van der Waals surface area contributed by atoms with Crippen LogP contribution in [0, 0.1) is 6.92 Å². The maximum Gasteiger partial charge on any atom is 0.193 e. The zero-order chi connectivity index (χ0) is 14.1. The lowest BCUT2D eigenvalue weighted by atomic mass is 10.1. The molecule has 1 heterocycles. The highest BCUT2D eigenvalue weighted by atomic mass is 79.9. The molecule has 2 aromatic carbocycles. The normalized spacial score (nSPS) is 10.9. The lowest BCUT2D eigenvalue weighted by Gasteiger charge is -2.04. The summed E-state index contributed by atoms with van der Waals surface area (Å²) in [6.45, 7) is 2.03. The van der Waals surface area contributed by atoms with E-state index in [1.54, 1.807) is 6.07 Å². The molecule has 3 aromatic rings. The Labute approximate surface area is 125 Å². The molecule has 0 N–H and O–H groups in total. The van der Waals surface area contributed by atoms with Crippen LogP contribution in [0.4, 0.5) is 0 Å². The van der Waals surface area contributed by atoms with Crippen molar-refractivity contribution in [3.8, 4) is 11.3 Å². The highest BCUT2D eigenvalue weighted by Gasteiger charge is 2.07. The van der Waals surface area contributed by atoms with E-state index in [-0.39, 0.29) is 5.43 Å². The molecule has 100 valence electrons. The minimum atomic E-state index is -0.00961. The summed E-state index contributed by atoms with van der Waals surface area (Å²) in [7, 11) is 0. The van der Waals surface area contributed by atoms with Crippen LogP contribution in [0.5, 0.6) is 0 Å². The summed E-state index contributed by atoms with van der Waals surface area (Å²) in [6.07, 6.45) is 0. The van der Waals surface area contributed by atoms with Crippen molar-refractivity contribution in [1.29, 1.82) is 0 Å². The van der Waals surface area contributed by atoms with Gasteiger partial charge in [0.2, 0.25) is 0 Å². The number of aryl methyl sites for hydroxylation is 1. The third-order valence-corrected chi connectivity index (χ3v) is 3.93. The lowest BCUT2D eigenvalue weighted by Crippen LogP contribution is -2.00. The molecule has 0 radical (unpaired) electrons. The van der Waals surface area contributed by atoms with Gasteiger partial charge < -0.3 is 4.42 Å². The van der Waals surface area contributed by atoms with Crippen LogP contribution in [-0.2, 0) is 5.33 Å². The highest BCUT2D eigenvalue weighted by Crippen LogP contribution is 2.23. The molecular formula is C17H13BrO2. The fourth-order valence-electron chi connectivity index (χ4n) is 2.15. The maximum atomic E-state index is 12.2. The Bertz CT molecular complexity index is 817. The molecule has 0 fully saturated rings. The van der Waals surface area contributed by atoms with Gasteiger partial charge in [0.05, 0.1) is 5.39 Å². The van der Waals surface area contributed by atoms with Gasteiger partial charge in [-0.15, -0.1) is 0 Å². The van der Waals surface area contributed by atoms with Crippen LogP contribution >= 0.6 is 15.9 Å². The van der Waals surface area contributed by atoms with E-state index in [1.165, 1.54) is 5.56 Å². The predicted octanol–water partition coefficient (Wildman–Crippen LogP) is 4.66. The van der Waals surface area contributed by atoms with E-state index < -0.39 is 0 Å². The van der Waals surface area contributed by atoms with Gasteiger partial charge in [0.15, 0.2) is 5.43 Å². The molecule has 0 saturated carbocycles. The first-order valence-corrected chi connectivity index (χ1v) is 7.49. The minimum absolute atomic E-state index is 0.00961. The third kappa shape index (κ3) is 2.41. The van der Waals surface area contributed by atoms with Crippen molar-refractivity contribution in [3.05, 3.63) is 69.9 Å². The van der Waals surface area contributed by atoms with Gasteiger partial charge in [0.1, 0.15) is 11.3 Å². The summed E-state index contributed by atoms with van der Waals surface area (Å²) in [6, 6.07) is 15.2. The number of halogens is 1. The van der Waals surface area contributed by atoms with Crippen molar-refractivity contribution in [3.63, 3.8) is 0 Å². The molecule has 0 aliphatic heterocycles. The molecule has 0 spiro atoms. The Morgan fingerprint density at radius 2 is 1.80 bits per heavy atom. The lowest BCUT2D eigenvalue weighted by molar-refractivity contribution is 0.619. The van der Waals surface area contributed by atoms with Crippen LogP contribution in [0.3, 0.4) is 0 Å². The van der Waals surface area contributed by atoms with Crippen LogP contribution in [0.15, 0.2) is 57.7 Å². The molecule has 20 heavy (non-hydrogen) atoms. The number of hydrogen-bond acceptors (Lipinski definition) is 2. The second-order valence-electron chi connectivity index (χ2n) is 4.81. The Hall–Kier alpha value is -1.87. The average Bonchev–Trinajstić information content (AvgIpc) is 2.47. The summed E-state index contributed by atoms with van der Waals surface area (Å²) in [4.78, 5) is 12.2. The zero-order valence-electron chi connectivity index (χ0n) is 11.0. The number of hydrogen-bond donors (Lipinski definition) is 0. The van der Waals surface area contributed by atoms with Crippen LogP contribution < -0.4 is 5.43 Å². The standard InChI is InChI=1S/C17H13BrO2/c1-11-2-5-13(6-3-11)17-9-15(19)14-8-12(10-18)4-7-16(14)20-17/h2-9H,10H2,1H3. The topological polar surface area (TPSA) is 30.2 Å². The molecule has 3 heteroatoms. The number of fused-ring (bicyclic) bond motifs is 1. The van der Waals surface area contributed by atoms with Crippen LogP contribution in [0.2, 0.25) is 0 Å². The SMILES string of the molecule is Cc1ccc(-c2cc(=O)c3cc(CBr)ccc3o2)cc1. The second-order valence-corrected chi connectivity index (χ2v) is 5.37. The first-order chi connectivity index (χ1) is 9.67. The van der Waals surface area contributed by atoms with E-state index in [0.717, 1.165) is 16.5 Å². The maximum absolute atomic E-state index is 12.2. The molecule has 2 nitrogen and oxygen atoms in total. The molecule has 1 aromatic heterocycles. The molecule has 0 saturated heterocycles. The minimum Gasteiger partial charge on any atom is -0.456 e. The first-order valence-electron chi connectivity index (χ1n) is 6.37. The van der Waals surface area contributed by atoms with Crippen molar-refractivity contribution < 1.29 is 4.42 Å². The smallest absolute Gasteiger partial charge is 0.193 e. The summed E-state index contributed by atoms with van der Waals surface area (Å²) in [5, 5.41) is 1.35. The summed E-state index contributed by atoms with van der Waals surface area (Å²) in [5.74, 6) is 0.606. The van der Waals surface area contributed by atoms with Crippen LogP contribution in [0.1, 0.15) is 11.1 Å². The van der Waals surface area contributed by atoms with Crippen molar-refractivity contribution in [2.24, 2.45) is 0 Å². The van der Waals surface area contributed by atoms with Gasteiger partial charge in [-0.25, -0.2) is 0 Å². The van der Waals surface area contributed by atoms with Gasteiger partial charge in [0.25, 0.3) is 0 Å². The molecule has 0 aliphatic rings. The molecule has 0 unspecified atom stereocenters. The van der Waals surface area contributed by atoms with Crippen molar-refractivity contribution in [2.75, 3.05) is 0 Å². The van der Waals surface area contributed by atoms with Gasteiger partial charge in [-0.05, 0) is 24.6 Å². The van der Waals surface area contributed by atoms with Gasteiger partial charge in [0, 0.05) is 17.0 Å². The van der Waals surface area contributed by atoms with E-state index in [1.807, 2.05) is 49.4 Å². The molecule has 3 rings (SSSR count). The molecule has 0 aliphatic carbocycles. The quantitative estimate of drug-likeness (QED) is 0.640. The Kier molecular flexibility index (Phi) is 3.45. The van der Waals surface area contributed by atoms with Gasteiger partial charge in [-0.2, -0.15) is 0 Å². The van der Waals surface area contributed by atoms with E-state index >= 15 is 0 Å². The summed E-state index contributed by atoms with van der Waals surface area (Å²) in [5.41, 5.74) is 3.77. The van der Waals surface area contributed by atoms with E-state index in [0.29, 0.717) is 16.7 Å². The van der Waals surface area contributed by atoms with Gasteiger partial charge in [-0.1, -0.05) is 51.8 Å². The summed E-state index contributed by atoms with van der Waals surface area (Å²) < 4.78 is 5.85. The second kappa shape index (κ2) is 5.25. The molecule has 0 amide bonds. The number of benzene rings is 2. The predicted molar refractivity (Wildman–Crippen MR) is 85.3 cm³/mol. The Balaban J connectivity index is 2.19. The average molecular weight is 329 g/mol. The van der Waals surface area contributed by atoms with E-state index in [2.05, 4.69) is 15.9 Å². The fraction of sp³-hybridized carbons (Fsp3) is 0.118. The number of rotatable bonds is 2. The number of alkyl halides is 1. The summed E-state index contributed by atoms with van der Waals surface area (Å²) >= 11 is 3.39. The Morgan fingerprint density at radius 1 is 1.05 bits per heavy atom. The highest BCUT2D eigenvalue weighted by molar-refractivity contribution is 9.08. The van der Waals surface area contributed by atoms with Crippen molar-refractivity contribution in [2.45, 2.75) is 12.3 Å². The van der Waals surface area contributed by atoms with Crippen LogP contribution in [-0.4, -0.2) is 0 Å². The van der Waals surface area contributed by atoms with Gasteiger partial charge >= 0.3 is 0 Å². The van der Waals surface area contributed by atoms with Gasteiger partial charge in [-0.3, -0.25) is 4.79 Å². The monoisotopic (exact) mass is 328 g/mol. The van der Waals surface area contributed by atoms with Crippen LogP contribution in [0.25, 0.3) is 22.3 Å². The fourth-order valence-corrected chi connectivity index (χ4v) is 2.50. The largest absolute Gasteiger partial charge is 0.456 e.